The van der Waals surface area contributed by atoms with E-state index in [1.807, 2.05) is 36.4 Å². The molecule has 0 fully saturated rings. The first-order valence-corrected chi connectivity index (χ1v) is 7.68. The maximum Gasteiger partial charge on any atom is 0.123 e. The summed E-state index contributed by atoms with van der Waals surface area (Å²) in [5.74, 6) is -0.186. The van der Waals surface area contributed by atoms with Crippen LogP contribution in [0, 0.1) is 17.1 Å². The van der Waals surface area contributed by atoms with Gasteiger partial charge in [0.2, 0.25) is 0 Å². The second-order valence-corrected chi connectivity index (χ2v) is 5.61. The summed E-state index contributed by atoms with van der Waals surface area (Å²) >= 11 is 0. The van der Waals surface area contributed by atoms with E-state index in [1.165, 1.54) is 17.7 Å². The van der Waals surface area contributed by atoms with E-state index in [4.69, 9.17) is 5.26 Å². The Labute approximate surface area is 135 Å². The fraction of sp³-hybridized carbons (Fsp3) is 0.211. The zero-order valence-electron chi connectivity index (χ0n) is 12.8. The lowest BCUT2D eigenvalue weighted by Crippen LogP contribution is -2.26. The Hall–Kier alpha value is -2.80. The van der Waals surface area contributed by atoms with Gasteiger partial charge in [0.15, 0.2) is 0 Å². The molecule has 0 amide bonds. The average molecular weight is 307 g/mol. The van der Waals surface area contributed by atoms with Crippen LogP contribution in [0.25, 0.3) is 0 Å². The van der Waals surface area contributed by atoms with Crippen molar-refractivity contribution in [1.29, 1.82) is 5.26 Å². The fourth-order valence-electron chi connectivity index (χ4n) is 2.64. The van der Waals surface area contributed by atoms with E-state index < -0.39 is 0 Å². The lowest BCUT2D eigenvalue weighted by atomic mass is 10.1. The van der Waals surface area contributed by atoms with Crippen LogP contribution >= 0.6 is 0 Å². The molecule has 116 valence electrons. The van der Waals surface area contributed by atoms with Crippen LogP contribution in [0.3, 0.4) is 0 Å². The van der Waals surface area contributed by atoms with E-state index in [0.717, 1.165) is 31.7 Å². The van der Waals surface area contributed by atoms with Crippen LogP contribution in [0.2, 0.25) is 0 Å². The number of halogens is 1. The van der Waals surface area contributed by atoms with Crippen LogP contribution in [0.1, 0.15) is 17.5 Å². The first-order chi connectivity index (χ1) is 11.2. The summed E-state index contributed by atoms with van der Waals surface area (Å²) in [5, 5.41) is 8.84. The summed E-state index contributed by atoms with van der Waals surface area (Å²) in [7, 11) is 0. The van der Waals surface area contributed by atoms with Crippen molar-refractivity contribution in [1.82, 2.24) is 4.90 Å². The van der Waals surface area contributed by atoms with Crippen molar-refractivity contribution in [2.24, 2.45) is 0 Å². The van der Waals surface area contributed by atoms with Crippen molar-refractivity contribution in [3.05, 3.63) is 77.9 Å². The second-order valence-electron chi connectivity index (χ2n) is 5.61. The van der Waals surface area contributed by atoms with Gasteiger partial charge in [-0.1, -0.05) is 12.1 Å². The maximum atomic E-state index is 12.9. The number of benzene rings is 2. The molecule has 0 aliphatic carbocycles. The zero-order chi connectivity index (χ0) is 16.1. The molecule has 2 aromatic rings. The van der Waals surface area contributed by atoms with Gasteiger partial charge in [-0.15, -0.1) is 0 Å². The first kappa shape index (κ1) is 15.1. The Kier molecular flexibility index (Phi) is 4.58. The Morgan fingerprint density at radius 2 is 1.74 bits per heavy atom. The molecule has 0 atom stereocenters. The molecule has 0 saturated heterocycles. The highest BCUT2D eigenvalue weighted by Gasteiger charge is 2.13. The molecule has 2 aromatic carbocycles. The summed E-state index contributed by atoms with van der Waals surface area (Å²) < 4.78 is 12.9. The summed E-state index contributed by atoms with van der Waals surface area (Å²) in [4.78, 5) is 4.40. The van der Waals surface area contributed by atoms with Crippen molar-refractivity contribution in [2.75, 3.05) is 18.1 Å². The number of rotatable bonds is 5. The van der Waals surface area contributed by atoms with Gasteiger partial charge in [-0.3, -0.25) is 0 Å². The van der Waals surface area contributed by atoms with Gasteiger partial charge < -0.3 is 9.80 Å². The van der Waals surface area contributed by atoms with E-state index >= 15 is 0 Å². The van der Waals surface area contributed by atoms with Gasteiger partial charge in [0.1, 0.15) is 5.82 Å². The predicted octanol–water partition coefficient (Wildman–Crippen LogP) is 3.88. The molecule has 0 aromatic heterocycles. The van der Waals surface area contributed by atoms with Crippen LogP contribution in [-0.4, -0.2) is 18.1 Å². The quantitative estimate of drug-likeness (QED) is 0.839. The molecular formula is C19H18FN3. The van der Waals surface area contributed by atoms with Crippen LogP contribution in [-0.2, 0) is 6.42 Å². The van der Waals surface area contributed by atoms with Gasteiger partial charge in [-0.2, -0.15) is 5.26 Å². The minimum absolute atomic E-state index is 0.186. The van der Waals surface area contributed by atoms with Gasteiger partial charge >= 0.3 is 0 Å². The maximum absolute atomic E-state index is 12.9. The molecule has 1 aliphatic heterocycles. The Morgan fingerprint density at radius 1 is 1.00 bits per heavy atom. The third kappa shape index (κ3) is 3.89. The lowest BCUT2D eigenvalue weighted by Gasteiger charge is -2.21. The zero-order valence-corrected chi connectivity index (χ0v) is 12.8. The SMILES string of the molecule is N#Cc1ccc(N2C=CN(CCCc3ccc(F)cc3)C2)cc1. The average Bonchev–Trinajstić information content (AvgIpc) is 3.06. The van der Waals surface area contributed by atoms with Crippen LogP contribution in [0.15, 0.2) is 60.9 Å². The van der Waals surface area contributed by atoms with Crippen LogP contribution < -0.4 is 4.90 Å². The first-order valence-electron chi connectivity index (χ1n) is 7.68. The van der Waals surface area contributed by atoms with Gasteiger partial charge in [0, 0.05) is 24.6 Å². The number of nitriles is 1. The van der Waals surface area contributed by atoms with Crippen molar-refractivity contribution < 1.29 is 4.39 Å². The molecule has 4 heteroatoms. The molecule has 0 unspecified atom stereocenters. The number of hydrogen-bond acceptors (Lipinski definition) is 3. The molecular weight excluding hydrogens is 289 g/mol. The van der Waals surface area contributed by atoms with E-state index in [-0.39, 0.29) is 5.82 Å². The van der Waals surface area contributed by atoms with E-state index in [2.05, 4.69) is 28.3 Å². The minimum Gasteiger partial charge on any atom is -0.358 e. The summed E-state index contributed by atoms with van der Waals surface area (Å²) in [5.41, 5.74) is 2.92. The largest absolute Gasteiger partial charge is 0.358 e. The number of aryl methyl sites for hydroxylation is 1. The fourth-order valence-corrected chi connectivity index (χ4v) is 2.64. The normalized spacial score (nSPS) is 13.4. The van der Waals surface area contributed by atoms with Crippen molar-refractivity contribution in [3.63, 3.8) is 0 Å². The molecule has 0 N–H and O–H groups in total. The molecule has 0 saturated carbocycles. The predicted molar refractivity (Wildman–Crippen MR) is 89.1 cm³/mol. The van der Waals surface area contributed by atoms with Gasteiger partial charge in [-0.25, -0.2) is 4.39 Å². The summed E-state index contributed by atoms with van der Waals surface area (Å²) in [6.45, 7) is 1.77. The van der Waals surface area contributed by atoms with Crippen LogP contribution in [0.4, 0.5) is 10.1 Å². The Morgan fingerprint density at radius 3 is 2.43 bits per heavy atom. The summed E-state index contributed by atoms with van der Waals surface area (Å²) in [6.07, 6.45) is 6.11. The Bertz CT molecular complexity index is 714. The number of anilines is 1. The second kappa shape index (κ2) is 6.97. The highest BCUT2D eigenvalue weighted by Crippen LogP contribution is 2.20. The third-order valence-electron chi connectivity index (χ3n) is 3.94. The molecule has 3 nitrogen and oxygen atoms in total. The molecule has 0 bridgehead atoms. The number of hydrogen-bond donors (Lipinski definition) is 0. The standard InChI is InChI=1S/C19H18FN3/c20-18-7-3-16(4-8-18)2-1-11-22-12-13-23(15-22)19-9-5-17(14-21)6-10-19/h3-10,12-13H,1-2,11,15H2. The molecule has 23 heavy (non-hydrogen) atoms. The molecule has 1 aliphatic rings. The van der Waals surface area contributed by atoms with Gasteiger partial charge in [0.05, 0.1) is 18.3 Å². The van der Waals surface area contributed by atoms with Crippen molar-refractivity contribution in [3.8, 4) is 6.07 Å². The summed E-state index contributed by atoms with van der Waals surface area (Å²) in [6, 6.07) is 16.4. The highest BCUT2D eigenvalue weighted by molar-refractivity contribution is 5.52. The van der Waals surface area contributed by atoms with Gasteiger partial charge in [0.25, 0.3) is 0 Å². The lowest BCUT2D eigenvalue weighted by molar-refractivity contribution is 0.398. The van der Waals surface area contributed by atoms with E-state index in [1.54, 1.807) is 0 Å². The van der Waals surface area contributed by atoms with Crippen molar-refractivity contribution in [2.45, 2.75) is 12.8 Å². The monoisotopic (exact) mass is 307 g/mol. The Balaban J connectivity index is 1.47. The topological polar surface area (TPSA) is 30.3 Å². The highest BCUT2D eigenvalue weighted by atomic mass is 19.1. The van der Waals surface area contributed by atoms with Crippen LogP contribution in [0.5, 0.6) is 0 Å². The van der Waals surface area contributed by atoms with E-state index in [9.17, 15) is 4.39 Å². The number of nitrogens with zero attached hydrogens (tertiary/aromatic N) is 3. The minimum atomic E-state index is -0.186. The van der Waals surface area contributed by atoms with Gasteiger partial charge in [-0.05, 0) is 54.8 Å². The molecule has 1 heterocycles. The molecule has 0 radical (unpaired) electrons. The molecule has 0 spiro atoms. The van der Waals surface area contributed by atoms with Crippen molar-refractivity contribution >= 4 is 5.69 Å². The molecule has 3 rings (SSSR count). The smallest absolute Gasteiger partial charge is 0.123 e. The third-order valence-corrected chi connectivity index (χ3v) is 3.94. The van der Waals surface area contributed by atoms with E-state index in [0.29, 0.717) is 5.56 Å².